The Morgan fingerprint density at radius 2 is 1.04 bits per heavy atom. The van der Waals surface area contributed by atoms with E-state index in [0.29, 0.717) is 25.7 Å². The van der Waals surface area contributed by atoms with Crippen LogP contribution < -0.4 is 0 Å². The van der Waals surface area contributed by atoms with Gasteiger partial charge in [0.25, 0.3) is 0 Å². The van der Waals surface area contributed by atoms with Crippen molar-refractivity contribution in [2.45, 2.75) is 78.4 Å². The van der Waals surface area contributed by atoms with Gasteiger partial charge in [-0.25, -0.2) is 9.59 Å². The fraction of sp³-hybridized carbons (Fsp3) is 0.600. The van der Waals surface area contributed by atoms with Crippen molar-refractivity contribution < 1.29 is 19.1 Å². The Balaban J connectivity index is 3.08. The highest BCUT2D eigenvalue weighted by Crippen LogP contribution is 2.25. The van der Waals surface area contributed by atoms with Gasteiger partial charge < -0.3 is 9.47 Å². The monoisotopic (exact) mass is 334 g/mol. The molecule has 0 unspecified atom stereocenters. The highest BCUT2D eigenvalue weighted by molar-refractivity contribution is 6.03. The van der Waals surface area contributed by atoms with Crippen LogP contribution in [0.25, 0.3) is 0 Å². The zero-order valence-electron chi connectivity index (χ0n) is 15.8. The van der Waals surface area contributed by atoms with E-state index in [1.165, 1.54) is 0 Å². The molecule has 4 heteroatoms. The van der Waals surface area contributed by atoms with E-state index in [1.54, 1.807) is 24.3 Å². The first-order chi connectivity index (χ1) is 11.2. The molecule has 1 aromatic carbocycles. The first-order valence-electron chi connectivity index (χ1n) is 8.79. The molecular weight excluding hydrogens is 304 g/mol. The van der Waals surface area contributed by atoms with E-state index in [2.05, 4.69) is 0 Å². The predicted octanol–water partition coefficient (Wildman–Crippen LogP) is 5.16. The van der Waals surface area contributed by atoms with Crippen molar-refractivity contribution in [3.05, 3.63) is 35.4 Å². The fourth-order valence-corrected chi connectivity index (χ4v) is 2.19. The number of hydrogen-bond acceptors (Lipinski definition) is 4. The zero-order valence-corrected chi connectivity index (χ0v) is 15.8. The largest absolute Gasteiger partial charge is 0.456 e. The number of carbonyl (C=O) groups is 2. The van der Waals surface area contributed by atoms with E-state index in [-0.39, 0.29) is 11.1 Å². The lowest BCUT2D eigenvalue weighted by atomic mass is 9.99. The number of benzene rings is 1. The van der Waals surface area contributed by atoms with Gasteiger partial charge >= 0.3 is 11.9 Å². The molecule has 134 valence electrons. The van der Waals surface area contributed by atoms with Crippen molar-refractivity contribution in [3.8, 4) is 0 Å². The van der Waals surface area contributed by atoms with Crippen LogP contribution in [0.2, 0.25) is 0 Å². The summed E-state index contributed by atoms with van der Waals surface area (Å²) in [5.74, 6) is -0.966. The molecule has 0 saturated heterocycles. The molecule has 0 aliphatic carbocycles. The van der Waals surface area contributed by atoms with E-state index in [0.717, 1.165) is 0 Å². The van der Waals surface area contributed by atoms with Gasteiger partial charge in [-0.05, 0) is 51.7 Å². The highest BCUT2D eigenvalue weighted by Gasteiger charge is 2.30. The minimum Gasteiger partial charge on any atom is -0.456 e. The van der Waals surface area contributed by atoms with Gasteiger partial charge in [-0.2, -0.15) is 0 Å². The molecule has 0 spiro atoms. The average Bonchev–Trinajstić information content (AvgIpc) is 2.61. The van der Waals surface area contributed by atoms with Gasteiger partial charge in [0.1, 0.15) is 11.2 Å². The molecule has 4 nitrogen and oxygen atoms in total. The van der Waals surface area contributed by atoms with E-state index in [4.69, 9.17) is 9.47 Å². The summed E-state index contributed by atoms with van der Waals surface area (Å²) in [6.45, 7) is 11.7. The van der Waals surface area contributed by atoms with Crippen LogP contribution in [0.4, 0.5) is 0 Å². The second-order valence-electron chi connectivity index (χ2n) is 6.64. The lowest BCUT2D eigenvalue weighted by Crippen LogP contribution is -2.32. The number of esters is 2. The van der Waals surface area contributed by atoms with Gasteiger partial charge in [-0.1, -0.05) is 39.8 Å². The van der Waals surface area contributed by atoms with Gasteiger partial charge in [-0.3, -0.25) is 0 Å². The molecule has 0 saturated carbocycles. The van der Waals surface area contributed by atoms with Crippen molar-refractivity contribution in [2.24, 2.45) is 0 Å². The maximum Gasteiger partial charge on any atom is 0.339 e. The fourth-order valence-electron chi connectivity index (χ4n) is 2.19. The molecule has 1 aromatic rings. The average molecular weight is 334 g/mol. The van der Waals surface area contributed by atoms with E-state index in [1.807, 2.05) is 41.5 Å². The Hall–Kier alpha value is -1.84. The van der Waals surface area contributed by atoms with Crippen LogP contribution in [-0.4, -0.2) is 23.1 Å². The lowest BCUT2D eigenvalue weighted by molar-refractivity contribution is -0.0176. The topological polar surface area (TPSA) is 52.6 Å². The van der Waals surface area contributed by atoms with Crippen LogP contribution in [0, 0.1) is 0 Å². The maximum absolute atomic E-state index is 12.6. The van der Waals surface area contributed by atoms with Crippen LogP contribution in [0.3, 0.4) is 0 Å². The van der Waals surface area contributed by atoms with Crippen molar-refractivity contribution in [1.29, 1.82) is 0 Å². The van der Waals surface area contributed by atoms with Crippen LogP contribution in [0.1, 0.15) is 87.9 Å². The van der Waals surface area contributed by atoms with Crippen molar-refractivity contribution >= 4 is 11.9 Å². The number of rotatable bonds is 8. The molecule has 0 atom stereocenters. The van der Waals surface area contributed by atoms with Crippen LogP contribution in [0.15, 0.2) is 24.3 Å². The third-order valence-electron chi connectivity index (χ3n) is 5.04. The summed E-state index contributed by atoms with van der Waals surface area (Å²) in [7, 11) is 0. The van der Waals surface area contributed by atoms with Gasteiger partial charge in [0, 0.05) is 0 Å². The Morgan fingerprint density at radius 1 is 0.750 bits per heavy atom. The molecule has 0 aliphatic rings. The number of hydrogen-bond donors (Lipinski definition) is 0. The molecule has 0 aromatic heterocycles. The minimum absolute atomic E-state index is 0.255. The summed E-state index contributed by atoms with van der Waals surface area (Å²) in [6, 6.07) is 6.67. The molecule has 0 radical (unpaired) electrons. The molecular formula is C20H30O4. The summed E-state index contributed by atoms with van der Waals surface area (Å²) in [4.78, 5) is 25.2. The van der Waals surface area contributed by atoms with Gasteiger partial charge in [-0.15, -0.1) is 0 Å². The molecule has 1 rings (SSSR count). The first kappa shape index (κ1) is 20.2. The molecule has 0 amide bonds. The van der Waals surface area contributed by atoms with Gasteiger partial charge in [0.2, 0.25) is 0 Å². The number of carbonyl (C=O) groups excluding carboxylic acids is 2. The Labute approximate surface area is 145 Å². The quantitative estimate of drug-likeness (QED) is 0.616. The first-order valence-corrected chi connectivity index (χ1v) is 8.79. The summed E-state index contributed by atoms with van der Waals surface area (Å²) < 4.78 is 11.3. The smallest absolute Gasteiger partial charge is 0.339 e. The normalized spacial score (nSPS) is 11.9. The maximum atomic E-state index is 12.6. The van der Waals surface area contributed by atoms with Crippen LogP contribution in [-0.2, 0) is 9.47 Å². The summed E-state index contributed by atoms with van der Waals surface area (Å²) in [6.07, 6.45) is 2.86. The second kappa shape index (κ2) is 8.32. The molecule has 24 heavy (non-hydrogen) atoms. The molecule has 0 aliphatic heterocycles. The van der Waals surface area contributed by atoms with E-state index >= 15 is 0 Å². The van der Waals surface area contributed by atoms with Gasteiger partial charge in [0.05, 0.1) is 11.1 Å². The van der Waals surface area contributed by atoms with Crippen LogP contribution in [0.5, 0.6) is 0 Å². The Morgan fingerprint density at radius 3 is 1.29 bits per heavy atom. The third-order valence-corrected chi connectivity index (χ3v) is 5.04. The molecule has 0 heterocycles. The highest BCUT2D eigenvalue weighted by atomic mass is 16.6. The summed E-state index contributed by atoms with van der Waals surface area (Å²) in [5, 5.41) is 0. The van der Waals surface area contributed by atoms with Gasteiger partial charge in [0.15, 0.2) is 0 Å². The standard InChI is InChI=1S/C20H30O4/c1-7-19(5,8-2)23-17(21)15-13-11-12-14-16(15)18(22)24-20(6,9-3)10-4/h11-14H,7-10H2,1-6H3. The predicted molar refractivity (Wildman–Crippen MR) is 95.2 cm³/mol. The summed E-state index contributed by atoms with van der Waals surface area (Å²) in [5.41, 5.74) is -0.555. The lowest BCUT2D eigenvalue weighted by Gasteiger charge is -2.28. The number of ether oxygens (including phenoxy) is 2. The zero-order chi connectivity index (χ0) is 18.4. The van der Waals surface area contributed by atoms with Crippen molar-refractivity contribution in [1.82, 2.24) is 0 Å². The minimum atomic E-state index is -0.532. The van der Waals surface area contributed by atoms with Crippen molar-refractivity contribution in [3.63, 3.8) is 0 Å². The molecule has 0 bridgehead atoms. The third kappa shape index (κ3) is 4.83. The SMILES string of the molecule is CCC(C)(CC)OC(=O)c1ccccc1C(=O)OC(C)(CC)CC. The van der Waals surface area contributed by atoms with Crippen LogP contribution >= 0.6 is 0 Å². The van der Waals surface area contributed by atoms with Crippen molar-refractivity contribution in [2.75, 3.05) is 0 Å². The Kier molecular flexibility index (Phi) is 7.00. The molecule has 0 N–H and O–H groups in total. The summed E-state index contributed by atoms with van der Waals surface area (Å²) >= 11 is 0. The van der Waals surface area contributed by atoms with E-state index in [9.17, 15) is 9.59 Å². The van der Waals surface area contributed by atoms with E-state index < -0.39 is 23.1 Å². The molecule has 0 fully saturated rings. The Bertz CT molecular complexity index is 518. The second-order valence-corrected chi connectivity index (χ2v) is 6.64.